The molecule has 1 unspecified atom stereocenters. The zero-order valence-electron chi connectivity index (χ0n) is 16.8. The Morgan fingerprint density at radius 2 is 1.81 bits per heavy atom. The lowest BCUT2D eigenvalue weighted by Crippen LogP contribution is -2.48. The molecule has 150 valence electrons. The highest BCUT2D eigenvalue weighted by atomic mass is 19.1. The number of piperidine rings is 1. The van der Waals surface area contributed by atoms with Crippen LogP contribution in [-0.2, 0) is 16.0 Å². The smallest absolute Gasteiger partial charge is 0.225 e. The second-order valence-corrected chi connectivity index (χ2v) is 7.65. The molecule has 1 aromatic carbocycles. The number of halogens is 1. The average Bonchev–Trinajstić information content (AvgIpc) is 2.68. The van der Waals surface area contributed by atoms with Crippen molar-refractivity contribution in [2.75, 3.05) is 13.1 Å². The maximum Gasteiger partial charge on any atom is 0.225 e. The second-order valence-electron chi connectivity index (χ2n) is 7.65. The molecule has 1 aromatic rings. The van der Waals surface area contributed by atoms with Crippen LogP contribution in [0.2, 0.25) is 0 Å². The number of hydrogen-bond donors (Lipinski definition) is 1. The van der Waals surface area contributed by atoms with Gasteiger partial charge < -0.3 is 10.2 Å². The first-order chi connectivity index (χ1) is 13.0. The predicted octanol–water partition coefficient (Wildman–Crippen LogP) is 3.94. The zero-order valence-corrected chi connectivity index (χ0v) is 16.8. The van der Waals surface area contributed by atoms with Crippen molar-refractivity contribution in [3.63, 3.8) is 0 Å². The van der Waals surface area contributed by atoms with Gasteiger partial charge in [0.1, 0.15) is 5.82 Å². The fraction of sp³-hybridized carbons (Fsp3) is 0.636. The van der Waals surface area contributed by atoms with Crippen molar-refractivity contribution in [1.29, 1.82) is 0 Å². The van der Waals surface area contributed by atoms with Gasteiger partial charge in [0.15, 0.2) is 0 Å². The van der Waals surface area contributed by atoms with Crippen LogP contribution in [0, 0.1) is 17.7 Å². The van der Waals surface area contributed by atoms with E-state index < -0.39 is 0 Å². The number of nitrogens with one attached hydrogen (secondary N) is 1. The standard InChI is InChI=1S/C22H33FN2O2/c1-4-17(5-2)22(27)25-14-12-19(13-15-25)24-21(26)16(3)10-11-18-8-6-7-9-20(18)23/h6-9,16-17,19H,4-5,10-15H2,1-3H3,(H,24,26). The van der Waals surface area contributed by atoms with Crippen molar-refractivity contribution in [3.05, 3.63) is 35.6 Å². The Balaban J connectivity index is 1.75. The van der Waals surface area contributed by atoms with Crippen molar-refractivity contribution < 1.29 is 14.0 Å². The molecule has 0 radical (unpaired) electrons. The van der Waals surface area contributed by atoms with Gasteiger partial charge >= 0.3 is 0 Å². The molecule has 1 aliphatic heterocycles. The van der Waals surface area contributed by atoms with E-state index in [0.717, 1.165) is 25.7 Å². The Labute approximate surface area is 162 Å². The fourth-order valence-corrected chi connectivity index (χ4v) is 3.69. The fourth-order valence-electron chi connectivity index (χ4n) is 3.69. The van der Waals surface area contributed by atoms with E-state index in [0.29, 0.717) is 31.5 Å². The Morgan fingerprint density at radius 3 is 2.41 bits per heavy atom. The van der Waals surface area contributed by atoms with Gasteiger partial charge in [-0.25, -0.2) is 4.39 Å². The van der Waals surface area contributed by atoms with Gasteiger partial charge in [0.05, 0.1) is 0 Å². The molecule has 0 aliphatic carbocycles. The quantitative estimate of drug-likeness (QED) is 0.747. The Morgan fingerprint density at radius 1 is 1.19 bits per heavy atom. The van der Waals surface area contributed by atoms with E-state index in [2.05, 4.69) is 19.2 Å². The third kappa shape index (κ3) is 6.05. The molecule has 0 aromatic heterocycles. The van der Waals surface area contributed by atoms with E-state index in [-0.39, 0.29) is 35.5 Å². The minimum absolute atomic E-state index is 0.0242. The molecule has 1 aliphatic rings. The van der Waals surface area contributed by atoms with Crippen molar-refractivity contribution in [1.82, 2.24) is 10.2 Å². The summed E-state index contributed by atoms with van der Waals surface area (Å²) in [7, 11) is 0. The molecule has 1 N–H and O–H groups in total. The maximum absolute atomic E-state index is 13.7. The van der Waals surface area contributed by atoms with Gasteiger partial charge in [0.25, 0.3) is 0 Å². The van der Waals surface area contributed by atoms with Gasteiger partial charge in [-0.3, -0.25) is 9.59 Å². The molecule has 5 heteroatoms. The molecule has 0 spiro atoms. The van der Waals surface area contributed by atoms with Gasteiger partial charge in [-0.15, -0.1) is 0 Å². The number of aryl methyl sites for hydroxylation is 1. The molecule has 2 amide bonds. The largest absolute Gasteiger partial charge is 0.353 e. The van der Waals surface area contributed by atoms with Crippen LogP contribution in [-0.4, -0.2) is 35.8 Å². The summed E-state index contributed by atoms with van der Waals surface area (Å²) in [5.41, 5.74) is 0.658. The maximum atomic E-state index is 13.7. The van der Waals surface area contributed by atoms with Crippen LogP contribution < -0.4 is 5.32 Å². The topological polar surface area (TPSA) is 49.4 Å². The minimum Gasteiger partial charge on any atom is -0.353 e. The molecule has 1 fully saturated rings. The second kappa shape index (κ2) is 10.4. The van der Waals surface area contributed by atoms with Crippen molar-refractivity contribution in [3.8, 4) is 0 Å². The highest BCUT2D eigenvalue weighted by Gasteiger charge is 2.27. The highest BCUT2D eigenvalue weighted by molar-refractivity contribution is 5.79. The summed E-state index contributed by atoms with van der Waals surface area (Å²) in [5.74, 6) is 0.0297. The normalized spacial score (nSPS) is 16.4. The molecule has 0 saturated carbocycles. The van der Waals surface area contributed by atoms with Crippen LogP contribution in [0.25, 0.3) is 0 Å². The lowest BCUT2D eigenvalue weighted by Gasteiger charge is -2.34. The van der Waals surface area contributed by atoms with E-state index in [1.165, 1.54) is 6.07 Å². The number of carbonyl (C=O) groups is 2. The lowest BCUT2D eigenvalue weighted by molar-refractivity contribution is -0.137. The lowest BCUT2D eigenvalue weighted by atomic mass is 9.97. The van der Waals surface area contributed by atoms with Gasteiger partial charge in [0, 0.05) is 31.0 Å². The van der Waals surface area contributed by atoms with Crippen LogP contribution in [0.15, 0.2) is 24.3 Å². The van der Waals surface area contributed by atoms with Crippen LogP contribution in [0.5, 0.6) is 0 Å². The summed E-state index contributed by atoms with van der Waals surface area (Å²) >= 11 is 0. The van der Waals surface area contributed by atoms with Crippen molar-refractivity contribution in [2.24, 2.45) is 11.8 Å². The number of rotatable bonds is 8. The first-order valence-corrected chi connectivity index (χ1v) is 10.3. The summed E-state index contributed by atoms with van der Waals surface area (Å²) in [6.45, 7) is 7.43. The van der Waals surface area contributed by atoms with Crippen LogP contribution >= 0.6 is 0 Å². The Hall–Kier alpha value is -1.91. The minimum atomic E-state index is -0.209. The molecule has 1 heterocycles. The number of hydrogen-bond acceptors (Lipinski definition) is 2. The number of benzene rings is 1. The number of nitrogens with zero attached hydrogens (tertiary/aromatic N) is 1. The van der Waals surface area contributed by atoms with E-state index in [4.69, 9.17) is 0 Å². The predicted molar refractivity (Wildman–Crippen MR) is 106 cm³/mol. The summed E-state index contributed by atoms with van der Waals surface area (Å²) < 4.78 is 13.7. The first kappa shape index (κ1) is 21.4. The first-order valence-electron chi connectivity index (χ1n) is 10.3. The number of likely N-dealkylation sites (tertiary alicyclic amines) is 1. The van der Waals surface area contributed by atoms with Crippen molar-refractivity contribution in [2.45, 2.75) is 65.3 Å². The molecule has 2 rings (SSSR count). The summed E-state index contributed by atoms with van der Waals surface area (Å²) in [5, 5.41) is 3.12. The van der Waals surface area contributed by atoms with Crippen LogP contribution in [0.3, 0.4) is 0 Å². The molecule has 0 bridgehead atoms. The molecule has 1 saturated heterocycles. The van der Waals surface area contributed by atoms with Crippen molar-refractivity contribution >= 4 is 11.8 Å². The Kier molecular flexibility index (Phi) is 8.26. The average molecular weight is 377 g/mol. The van der Waals surface area contributed by atoms with E-state index in [9.17, 15) is 14.0 Å². The van der Waals surface area contributed by atoms with Crippen LogP contribution in [0.4, 0.5) is 4.39 Å². The highest BCUT2D eigenvalue weighted by Crippen LogP contribution is 2.18. The summed E-state index contributed by atoms with van der Waals surface area (Å²) in [6.07, 6.45) is 4.55. The molecule has 4 nitrogen and oxygen atoms in total. The van der Waals surface area contributed by atoms with Gasteiger partial charge in [0.2, 0.25) is 11.8 Å². The van der Waals surface area contributed by atoms with Gasteiger partial charge in [-0.1, -0.05) is 39.0 Å². The third-order valence-corrected chi connectivity index (χ3v) is 5.74. The summed E-state index contributed by atoms with van der Waals surface area (Å²) in [4.78, 5) is 26.8. The molecule has 1 atom stereocenters. The SMILES string of the molecule is CCC(CC)C(=O)N1CCC(NC(=O)C(C)CCc2ccccc2F)CC1. The monoisotopic (exact) mass is 376 g/mol. The van der Waals surface area contributed by atoms with E-state index in [1.807, 2.05) is 17.9 Å². The Bertz CT molecular complexity index is 622. The van der Waals surface area contributed by atoms with Gasteiger partial charge in [-0.05, 0) is 50.2 Å². The third-order valence-electron chi connectivity index (χ3n) is 5.74. The number of amides is 2. The number of carbonyl (C=O) groups excluding carboxylic acids is 2. The molecule has 27 heavy (non-hydrogen) atoms. The zero-order chi connectivity index (χ0) is 19.8. The van der Waals surface area contributed by atoms with E-state index >= 15 is 0 Å². The van der Waals surface area contributed by atoms with Gasteiger partial charge in [-0.2, -0.15) is 0 Å². The molecular weight excluding hydrogens is 343 g/mol. The molecular formula is C22H33FN2O2. The van der Waals surface area contributed by atoms with E-state index in [1.54, 1.807) is 12.1 Å². The van der Waals surface area contributed by atoms with Crippen LogP contribution in [0.1, 0.15) is 58.4 Å². The summed E-state index contributed by atoms with van der Waals surface area (Å²) in [6, 6.07) is 6.84.